The predicted octanol–water partition coefficient (Wildman–Crippen LogP) is 5.99. The normalized spacial score (nSPS) is 22.5. The van der Waals surface area contributed by atoms with Gasteiger partial charge in [0.1, 0.15) is 6.26 Å². The summed E-state index contributed by atoms with van der Waals surface area (Å²) in [5.41, 5.74) is 3.87. The molecule has 3 nitrogen and oxygen atoms in total. The Morgan fingerprint density at radius 2 is 1.96 bits per heavy atom. The van der Waals surface area contributed by atoms with Crippen molar-refractivity contribution in [2.24, 2.45) is 11.3 Å². The highest BCUT2D eigenvalue weighted by Crippen LogP contribution is 2.38. The van der Waals surface area contributed by atoms with Crippen molar-refractivity contribution in [2.75, 3.05) is 0 Å². The minimum absolute atomic E-state index is 0.434. The number of rotatable bonds is 7. The van der Waals surface area contributed by atoms with Crippen LogP contribution in [0.2, 0.25) is 0 Å². The maximum atomic E-state index is 5.72. The van der Waals surface area contributed by atoms with Crippen LogP contribution in [0.1, 0.15) is 71.1 Å². The lowest BCUT2D eigenvalue weighted by Gasteiger charge is -2.39. The number of unbranched alkanes of at least 4 members (excludes halogenated alkanes) is 1. The van der Waals surface area contributed by atoms with Crippen molar-refractivity contribution in [1.29, 1.82) is 0 Å². The Morgan fingerprint density at radius 3 is 2.65 bits per heavy atom. The lowest BCUT2D eigenvalue weighted by molar-refractivity contribution is 0.150. The fourth-order valence-corrected chi connectivity index (χ4v) is 4.47. The van der Waals surface area contributed by atoms with E-state index >= 15 is 0 Å². The molecule has 0 radical (unpaired) electrons. The zero-order valence-corrected chi connectivity index (χ0v) is 16.8. The van der Waals surface area contributed by atoms with Gasteiger partial charge in [0, 0.05) is 18.2 Å². The molecule has 1 aliphatic rings. The molecule has 2 unspecified atom stereocenters. The zero-order valence-electron chi connectivity index (χ0n) is 16.8. The second-order valence-corrected chi connectivity index (χ2v) is 8.94. The molecule has 26 heavy (non-hydrogen) atoms. The molecule has 3 rings (SSSR count). The summed E-state index contributed by atoms with van der Waals surface area (Å²) < 4.78 is 5.72. The molecule has 1 aromatic carbocycles. The first-order valence-corrected chi connectivity index (χ1v) is 10.2. The summed E-state index contributed by atoms with van der Waals surface area (Å²) in [6.07, 6.45) is 9.24. The van der Waals surface area contributed by atoms with Gasteiger partial charge >= 0.3 is 0 Å². The first-order chi connectivity index (χ1) is 12.4. The summed E-state index contributed by atoms with van der Waals surface area (Å²) in [7, 11) is 0. The maximum Gasteiger partial charge on any atom is 0.226 e. The third kappa shape index (κ3) is 5.20. The Kier molecular flexibility index (Phi) is 6.18. The van der Waals surface area contributed by atoms with Gasteiger partial charge in [-0.25, -0.2) is 4.98 Å². The summed E-state index contributed by atoms with van der Waals surface area (Å²) >= 11 is 0. The van der Waals surface area contributed by atoms with E-state index < -0.39 is 0 Å². The average Bonchev–Trinajstić information content (AvgIpc) is 3.06. The fourth-order valence-electron chi connectivity index (χ4n) is 4.47. The fraction of sp³-hybridized carbons (Fsp3) is 0.609. The standard InChI is InChI=1S/C23H34N2O/c1-5-6-7-18-8-10-19(11-9-18)22-25-21(16-26-22)15-24-20-12-17(2)13-23(3,4)14-20/h8-11,16-17,20,24H,5-7,12-15H2,1-4H3. The van der Waals surface area contributed by atoms with Crippen LogP contribution in [0.4, 0.5) is 0 Å². The Labute approximate surface area is 158 Å². The largest absolute Gasteiger partial charge is 0.444 e. The maximum absolute atomic E-state index is 5.72. The lowest BCUT2D eigenvalue weighted by atomic mass is 9.70. The molecule has 1 heterocycles. The number of oxazole rings is 1. The molecule has 1 saturated carbocycles. The number of aromatic nitrogens is 1. The highest BCUT2D eigenvalue weighted by Gasteiger charge is 2.31. The summed E-state index contributed by atoms with van der Waals surface area (Å²) in [6.45, 7) is 10.1. The second kappa shape index (κ2) is 8.39. The molecule has 142 valence electrons. The lowest BCUT2D eigenvalue weighted by Crippen LogP contribution is -2.39. The van der Waals surface area contributed by atoms with Gasteiger partial charge in [0.25, 0.3) is 0 Å². The van der Waals surface area contributed by atoms with Crippen molar-refractivity contribution < 1.29 is 4.42 Å². The molecule has 2 aromatic rings. The van der Waals surface area contributed by atoms with Gasteiger partial charge in [-0.15, -0.1) is 0 Å². The van der Waals surface area contributed by atoms with E-state index in [1.165, 1.54) is 37.7 Å². The van der Waals surface area contributed by atoms with Crippen LogP contribution in [0.15, 0.2) is 34.9 Å². The molecular weight excluding hydrogens is 320 g/mol. The third-order valence-corrected chi connectivity index (χ3v) is 5.53. The van der Waals surface area contributed by atoms with Crippen LogP contribution in [0.25, 0.3) is 11.5 Å². The van der Waals surface area contributed by atoms with Crippen molar-refractivity contribution in [3.63, 3.8) is 0 Å². The van der Waals surface area contributed by atoms with Crippen LogP contribution in [0.3, 0.4) is 0 Å². The molecule has 0 spiro atoms. The monoisotopic (exact) mass is 354 g/mol. The number of benzene rings is 1. The van der Waals surface area contributed by atoms with Crippen LogP contribution in [-0.4, -0.2) is 11.0 Å². The molecule has 0 bridgehead atoms. The van der Waals surface area contributed by atoms with Gasteiger partial charge in [0.15, 0.2) is 0 Å². The number of aryl methyl sites for hydroxylation is 1. The molecule has 2 atom stereocenters. The molecular formula is C23H34N2O. The van der Waals surface area contributed by atoms with Crippen LogP contribution < -0.4 is 5.32 Å². The number of nitrogens with zero attached hydrogens (tertiary/aromatic N) is 1. The summed E-state index contributed by atoms with van der Waals surface area (Å²) in [5.74, 6) is 1.51. The Balaban J connectivity index is 1.56. The number of nitrogens with one attached hydrogen (secondary N) is 1. The van der Waals surface area contributed by atoms with E-state index in [-0.39, 0.29) is 0 Å². The van der Waals surface area contributed by atoms with Gasteiger partial charge in [-0.05, 0) is 61.1 Å². The predicted molar refractivity (Wildman–Crippen MR) is 108 cm³/mol. The summed E-state index contributed by atoms with van der Waals surface area (Å²) in [4.78, 5) is 4.68. The Morgan fingerprint density at radius 1 is 1.19 bits per heavy atom. The molecule has 1 aliphatic carbocycles. The van der Waals surface area contributed by atoms with Gasteiger partial charge in [0.05, 0.1) is 5.69 Å². The smallest absolute Gasteiger partial charge is 0.226 e. The molecule has 1 aromatic heterocycles. The number of hydrogen-bond donors (Lipinski definition) is 1. The Bertz CT molecular complexity index is 686. The van der Waals surface area contributed by atoms with E-state index in [2.05, 4.69) is 62.3 Å². The minimum atomic E-state index is 0.434. The van der Waals surface area contributed by atoms with Gasteiger partial charge in [-0.2, -0.15) is 0 Å². The molecule has 0 saturated heterocycles. The van der Waals surface area contributed by atoms with Crippen molar-refractivity contribution in [3.8, 4) is 11.5 Å². The molecule has 3 heteroatoms. The van der Waals surface area contributed by atoms with Crippen LogP contribution in [0.5, 0.6) is 0 Å². The van der Waals surface area contributed by atoms with Crippen molar-refractivity contribution in [1.82, 2.24) is 10.3 Å². The summed E-state index contributed by atoms with van der Waals surface area (Å²) in [6, 6.07) is 9.21. The minimum Gasteiger partial charge on any atom is -0.444 e. The van der Waals surface area contributed by atoms with Gasteiger partial charge in [0.2, 0.25) is 5.89 Å². The molecule has 1 N–H and O–H groups in total. The van der Waals surface area contributed by atoms with E-state index in [0.717, 1.165) is 36.0 Å². The van der Waals surface area contributed by atoms with E-state index in [4.69, 9.17) is 4.42 Å². The first-order valence-electron chi connectivity index (χ1n) is 10.2. The Hall–Kier alpha value is -1.61. The van der Waals surface area contributed by atoms with Crippen LogP contribution in [0, 0.1) is 11.3 Å². The van der Waals surface area contributed by atoms with Gasteiger partial charge in [-0.1, -0.05) is 46.2 Å². The molecule has 1 fully saturated rings. The third-order valence-electron chi connectivity index (χ3n) is 5.53. The highest BCUT2D eigenvalue weighted by molar-refractivity contribution is 5.53. The van der Waals surface area contributed by atoms with Crippen LogP contribution >= 0.6 is 0 Å². The SMILES string of the molecule is CCCCc1ccc(-c2nc(CNC3CC(C)CC(C)(C)C3)co2)cc1. The van der Waals surface area contributed by atoms with E-state index in [1.807, 2.05) is 0 Å². The topological polar surface area (TPSA) is 38.1 Å². The van der Waals surface area contributed by atoms with Crippen molar-refractivity contribution >= 4 is 0 Å². The first kappa shape index (κ1) is 19.2. The molecule has 0 amide bonds. The van der Waals surface area contributed by atoms with Crippen molar-refractivity contribution in [2.45, 2.75) is 78.8 Å². The highest BCUT2D eigenvalue weighted by atomic mass is 16.3. The summed E-state index contributed by atoms with van der Waals surface area (Å²) in [5, 5.41) is 3.70. The van der Waals surface area contributed by atoms with Crippen LogP contribution in [-0.2, 0) is 13.0 Å². The molecule has 0 aliphatic heterocycles. The van der Waals surface area contributed by atoms with E-state index in [9.17, 15) is 0 Å². The van der Waals surface area contributed by atoms with Crippen molar-refractivity contribution in [3.05, 3.63) is 41.8 Å². The van der Waals surface area contributed by atoms with E-state index in [0.29, 0.717) is 11.5 Å². The van der Waals surface area contributed by atoms with E-state index in [1.54, 1.807) is 6.26 Å². The van der Waals surface area contributed by atoms with Gasteiger partial charge < -0.3 is 9.73 Å². The quantitative estimate of drug-likeness (QED) is 0.664. The average molecular weight is 355 g/mol. The van der Waals surface area contributed by atoms with Gasteiger partial charge in [-0.3, -0.25) is 0 Å². The second-order valence-electron chi connectivity index (χ2n) is 8.94. The number of hydrogen-bond acceptors (Lipinski definition) is 3. The zero-order chi connectivity index (χ0) is 18.6.